The van der Waals surface area contributed by atoms with Crippen molar-refractivity contribution in [2.24, 2.45) is 0 Å². The molecule has 0 aromatic rings. The molecule has 9 unspecified atom stereocenters. The average Bonchev–Trinajstić information content (AvgIpc) is 3.26. The third-order valence-electron chi connectivity index (χ3n) is 12.3. The average molecular weight is 870 g/mol. The van der Waals surface area contributed by atoms with Crippen LogP contribution in [0.2, 0.25) is 0 Å². The Morgan fingerprint density at radius 3 is 1.54 bits per heavy atom. The van der Waals surface area contributed by atoms with Crippen LogP contribution in [-0.2, 0) is 14.3 Å². The Bertz CT molecular complexity index is 1040. The molecule has 0 aliphatic carbocycles. The SMILES string of the molecule is CC/C=C\C/C=C\CCCCCCCCCCCCCCCC(O)C(=O)NC(COC1OC(CO)C(O)C(O)C1O)C(O)C(O)CCCCCCCCCCCCCCCC. The van der Waals surface area contributed by atoms with E-state index >= 15 is 0 Å². The number of hydrogen-bond acceptors (Lipinski definition) is 10. The summed E-state index contributed by atoms with van der Waals surface area (Å²) >= 11 is 0. The molecule has 9 atom stereocenters. The van der Waals surface area contributed by atoms with Crippen LogP contribution in [0.25, 0.3) is 0 Å². The summed E-state index contributed by atoms with van der Waals surface area (Å²) in [4.78, 5) is 13.1. The zero-order valence-corrected chi connectivity index (χ0v) is 38.9. The molecule has 1 amide bonds. The van der Waals surface area contributed by atoms with E-state index < -0.39 is 74.2 Å². The fourth-order valence-electron chi connectivity index (χ4n) is 8.13. The second-order valence-corrected chi connectivity index (χ2v) is 17.9. The molecular weight excluding hydrogens is 775 g/mol. The third-order valence-corrected chi connectivity index (χ3v) is 12.3. The Labute approximate surface area is 372 Å². The molecule has 11 heteroatoms. The molecule has 1 aliphatic heterocycles. The normalized spacial score (nSPS) is 21.6. The van der Waals surface area contributed by atoms with E-state index in [4.69, 9.17) is 9.47 Å². The Kier molecular flexibility index (Phi) is 37.9. The van der Waals surface area contributed by atoms with Crippen LogP contribution in [0.1, 0.15) is 219 Å². The van der Waals surface area contributed by atoms with Gasteiger partial charge in [-0.25, -0.2) is 0 Å². The van der Waals surface area contributed by atoms with Crippen LogP contribution in [0.15, 0.2) is 24.3 Å². The minimum absolute atomic E-state index is 0.260. The molecule has 0 spiro atoms. The lowest BCUT2D eigenvalue weighted by Crippen LogP contribution is -2.60. The lowest BCUT2D eigenvalue weighted by atomic mass is 9.98. The summed E-state index contributed by atoms with van der Waals surface area (Å²) in [5.41, 5.74) is 0. The molecule has 8 N–H and O–H groups in total. The van der Waals surface area contributed by atoms with Crippen molar-refractivity contribution in [3.63, 3.8) is 0 Å². The molecule has 0 saturated carbocycles. The minimum atomic E-state index is -1.66. The highest BCUT2D eigenvalue weighted by Crippen LogP contribution is 2.23. The van der Waals surface area contributed by atoms with E-state index in [1.165, 1.54) is 128 Å². The van der Waals surface area contributed by atoms with Gasteiger partial charge in [-0.2, -0.15) is 0 Å². The fourth-order valence-corrected chi connectivity index (χ4v) is 8.13. The number of hydrogen-bond donors (Lipinski definition) is 8. The van der Waals surface area contributed by atoms with Gasteiger partial charge >= 0.3 is 0 Å². The molecule has 1 aliphatic rings. The zero-order valence-electron chi connectivity index (χ0n) is 38.9. The second-order valence-electron chi connectivity index (χ2n) is 17.9. The van der Waals surface area contributed by atoms with E-state index in [-0.39, 0.29) is 6.42 Å². The van der Waals surface area contributed by atoms with Gasteiger partial charge in [-0.05, 0) is 38.5 Å². The fraction of sp³-hybridized carbons (Fsp3) is 0.900. The van der Waals surface area contributed by atoms with Gasteiger partial charge in [0.2, 0.25) is 5.91 Å². The summed E-state index contributed by atoms with van der Waals surface area (Å²) in [5.74, 6) is -0.697. The van der Waals surface area contributed by atoms with Crippen LogP contribution in [0, 0.1) is 0 Å². The van der Waals surface area contributed by atoms with Crippen molar-refractivity contribution in [2.75, 3.05) is 13.2 Å². The summed E-state index contributed by atoms with van der Waals surface area (Å²) in [6.07, 6.45) is 33.6. The largest absolute Gasteiger partial charge is 0.394 e. The quantitative estimate of drug-likeness (QED) is 0.0217. The standard InChI is InChI=1S/C50H95NO10/c1-3-5-7-9-11-13-15-17-19-20-21-22-23-24-26-28-30-32-34-36-38-43(54)49(59)51-41(40-60-50-48(58)47(57)46(56)44(39-52)61-50)45(55)42(53)37-35-33-31-29-27-25-18-16-14-12-10-8-6-4-2/h5,7,11,13,41-48,50,52-58H,3-4,6,8-10,12,14-40H2,1-2H3,(H,51,59)/b7-5-,13-11-. The van der Waals surface area contributed by atoms with Crippen molar-refractivity contribution >= 4 is 5.91 Å². The van der Waals surface area contributed by atoms with Gasteiger partial charge < -0.3 is 50.5 Å². The lowest BCUT2D eigenvalue weighted by Gasteiger charge is -2.40. The number of nitrogens with one attached hydrogen (secondary N) is 1. The first-order chi connectivity index (χ1) is 29.7. The van der Waals surface area contributed by atoms with Crippen LogP contribution in [0.5, 0.6) is 0 Å². The molecule has 1 heterocycles. The molecule has 0 aromatic heterocycles. The Morgan fingerprint density at radius 1 is 0.590 bits per heavy atom. The van der Waals surface area contributed by atoms with E-state index in [9.17, 15) is 40.5 Å². The van der Waals surface area contributed by atoms with Crippen LogP contribution < -0.4 is 5.32 Å². The first-order valence-corrected chi connectivity index (χ1v) is 25.2. The number of amides is 1. The monoisotopic (exact) mass is 870 g/mol. The Hall–Kier alpha value is -1.41. The second kappa shape index (κ2) is 40.1. The van der Waals surface area contributed by atoms with Crippen LogP contribution in [0.4, 0.5) is 0 Å². The van der Waals surface area contributed by atoms with E-state index in [1.807, 2.05) is 0 Å². The predicted octanol–water partition coefficient (Wildman–Crippen LogP) is 9.01. The summed E-state index contributed by atoms with van der Waals surface area (Å²) < 4.78 is 11.1. The smallest absolute Gasteiger partial charge is 0.249 e. The first-order valence-electron chi connectivity index (χ1n) is 25.2. The van der Waals surface area contributed by atoms with E-state index in [1.54, 1.807) is 0 Å². The molecule has 0 radical (unpaired) electrons. The number of rotatable bonds is 42. The highest BCUT2D eigenvalue weighted by Gasteiger charge is 2.44. The zero-order chi connectivity index (χ0) is 44.8. The summed E-state index contributed by atoms with van der Waals surface area (Å²) in [7, 11) is 0. The van der Waals surface area contributed by atoms with Crippen LogP contribution in [0.3, 0.4) is 0 Å². The molecular formula is C50H95NO10. The van der Waals surface area contributed by atoms with Crippen LogP contribution in [-0.4, -0.2) is 110 Å². The highest BCUT2D eigenvalue weighted by molar-refractivity contribution is 5.80. The van der Waals surface area contributed by atoms with Crippen LogP contribution >= 0.6 is 0 Å². The number of ether oxygens (including phenoxy) is 2. The van der Waals surface area contributed by atoms with E-state index in [0.29, 0.717) is 19.3 Å². The number of aliphatic hydroxyl groups is 7. The maximum Gasteiger partial charge on any atom is 0.249 e. The van der Waals surface area contributed by atoms with Crippen molar-refractivity contribution in [3.05, 3.63) is 24.3 Å². The lowest BCUT2D eigenvalue weighted by molar-refractivity contribution is -0.303. The van der Waals surface area contributed by atoms with Gasteiger partial charge in [0, 0.05) is 0 Å². The Morgan fingerprint density at radius 2 is 1.05 bits per heavy atom. The van der Waals surface area contributed by atoms with Gasteiger partial charge in [-0.15, -0.1) is 0 Å². The topological polar surface area (TPSA) is 189 Å². The van der Waals surface area contributed by atoms with Gasteiger partial charge in [-0.1, -0.05) is 205 Å². The van der Waals surface area contributed by atoms with Gasteiger partial charge in [0.15, 0.2) is 6.29 Å². The van der Waals surface area contributed by atoms with Crippen molar-refractivity contribution < 1.29 is 50.0 Å². The van der Waals surface area contributed by atoms with Gasteiger partial charge in [0.25, 0.3) is 0 Å². The molecule has 1 saturated heterocycles. The molecule has 1 fully saturated rings. The summed E-state index contributed by atoms with van der Waals surface area (Å²) in [6.45, 7) is 3.35. The molecule has 360 valence electrons. The van der Waals surface area contributed by atoms with Gasteiger partial charge in [0.05, 0.1) is 25.4 Å². The Balaban J connectivity index is 2.38. The number of carbonyl (C=O) groups excluding carboxylic acids is 1. The van der Waals surface area contributed by atoms with Crippen molar-refractivity contribution in [1.82, 2.24) is 5.32 Å². The minimum Gasteiger partial charge on any atom is -0.394 e. The third kappa shape index (κ3) is 29.6. The number of carbonyl (C=O) groups is 1. The number of unbranched alkanes of at least 4 members (excludes halogenated alkanes) is 26. The first kappa shape index (κ1) is 57.6. The van der Waals surface area contributed by atoms with Crippen molar-refractivity contribution in [3.8, 4) is 0 Å². The molecule has 61 heavy (non-hydrogen) atoms. The molecule has 0 aromatic carbocycles. The highest BCUT2D eigenvalue weighted by atomic mass is 16.7. The van der Waals surface area contributed by atoms with E-state index in [2.05, 4.69) is 43.5 Å². The summed E-state index contributed by atoms with van der Waals surface area (Å²) in [6, 6.07) is -1.17. The number of allylic oxidation sites excluding steroid dienone is 4. The van der Waals surface area contributed by atoms with E-state index in [0.717, 1.165) is 51.4 Å². The van der Waals surface area contributed by atoms with Crippen molar-refractivity contribution in [2.45, 2.75) is 274 Å². The summed E-state index contributed by atoms with van der Waals surface area (Å²) in [5, 5.41) is 75.8. The molecule has 1 rings (SSSR count). The van der Waals surface area contributed by atoms with Gasteiger partial charge in [0.1, 0.15) is 36.6 Å². The maximum absolute atomic E-state index is 13.1. The molecule has 0 bridgehead atoms. The van der Waals surface area contributed by atoms with Crippen molar-refractivity contribution in [1.29, 1.82) is 0 Å². The predicted molar refractivity (Wildman–Crippen MR) is 247 cm³/mol. The maximum atomic E-state index is 13.1. The van der Waals surface area contributed by atoms with Gasteiger partial charge in [-0.3, -0.25) is 4.79 Å². The number of aliphatic hydroxyl groups excluding tert-OH is 7. The molecule has 11 nitrogen and oxygen atoms in total.